The second kappa shape index (κ2) is 10.8. The minimum absolute atomic E-state index is 0.0320. The molecule has 0 spiro atoms. The van der Waals surface area contributed by atoms with Crippen molar-refractivity contribution in [3.05, 3.63) is 59.7 Å². The number of Topliss-reactive ketones (excluding diaryl/α,β-unsaturated/α-hetero) is 1. The van der Waals surface area contributed by atoms with Gasteiger partial charge in [-0.05, 0) is 62.4 Å². The van der Waals surface area contributed by atoms with Crippen molar-refractivity contribution in [1.29, 1.82) is 0 Å². The summed E-state index contributed by atoms with van der Waals surface area (Å²) >= 11 is 0. The molecule has 0 saturated carbocycles. The third kappa shape index (κ3) is 6.73. The van der Waals surface area contributed by atoms with Crippen molar-refractivity contribution >= 4 is 29.3 Å². The second-order valence-corrected chi connectivity index (χ2v) is 6.44. The molecule has 0 aliphatic heterocycles. The smallest absolute Gasteiger partial charge is 0.307 e. The first-order valence-electron chi connectivity index (χ1n) is 9.46. The number of hydrogen-bond donors (Lipinski definition) is 2. The van der Waals surface area contributed by atoms with E-state index in [1.54, 1.807) is 24.3 Å². The first-order chi connectivity index (χ1) is 14.3. The van der Waals surface area contributed by atoms with Gasteiger partial charge in [0, 0.05) is 23.2 Å². The van der Waals surface area contributed by atoms with Crippen LogP contribution in [0.1, 0.15) is 47.4 Å². The summed E-state index contributed by atoms with van der Waals surface area (Å²) in [5.41, 5.74) is 6.37. The third-order valence-electron chi connectivity index (χ3n) is 4.16. The molecule has 8 nitrogen and oxygen atoms in total. The van der Waals surface area contributed by atoms with Gasteiger partial charge < -0.3 is 20.5 Å². The monoisotopic (exact) mass is 412 g/mol. The molecule has 8 heteroatoms. The summed E-state index contributed by atoms with van der Waals surface area (Å²) in [5, 5.41) is 2.57. The van der Waals surface area contributed by atoms with Crippen LogP contribution in [0.5, 0.6) is 5.75 Å². The predicted molar refractivity (Wildman–Crippen MR) is 110 cm³/mol. The van der Waals surface area contributed by atoms with E-state index in [1.807, 2.05) is 6.92 Å². The van der Waals surface area contributed by atoms with Gasteiger partial charge in [0.05, 0.1) is 13.0 Å². The SMILES string of the molecule is CCOc1ccc(C(=O)CCC(=O)O[C@@H](C)C(=O)Nc2ccc(C(N)=O)cc2)cc1. The van der Waals surface area contributed by atoms with Crippen molar-refractivity contribution < 1.29 is 28.7 Å². The molecule has 158 valence electrons. The molecule has 0 radical (unpaired) electrons. The van der Waals surface area contributed by atoms with E-state index in [4.69, 9.17) is 15.2 Å². The maximum Gasteiger partial charge on any atom is 0.307 e. The summed E-state index contributed by atoms with van der Waals surface area (Å²) in [6, 6.07) is 12.6. The molecule has 2 rings (SSSR count). The Bertz CT molecular complexity index is 906. The standard InChI is InChI=1S/C22H24N2O6/c1-3-29-18-10-6-15(7-11-18)19(25)12-13-20(26)30-14(2)22(28)24-17-8-4-16(5-9-17)21(23)27/h4-11,14H,3,12-13H2,1-2H3,(H2,23,27)(H,24,28)/t14-/m0/s1. The number of esters is 1. The Morgan fingerprint density at radius 1 is 0.933 bits per heavy atom. The molecule has 0 bridgehead atoms. The molecule has 2 amide bonds. The fraction of sp³-hybridized carbons (Fsp3) is 0.273. The minimum Gasteiger partial charge on any atom is -0.494 e. The highest BCUT2D eigenvalue weighted by atomic mass is 16.5. The summed E-state index contributed by atoms with van der Waals surface area (Å²) in [5.74, 6) is -1.30. The van der Waals surface area contributed by atoms with Gasteiger partial charge in [-0.25, -0.2) is 0 Å². The van der Waals surface area contributed by atoms with E-state index in [9.17, 15) is 19.2 Å². The Kier molecular flexibility index (Phi) is 8.10. The van der Waals surface area contributed by atoms with Gasteiger partial charge >= 0.3 is 5.97 Å². The number of benzene rings is 2. The van der Waals surface area contributed by atoms with E-state index in [1.165, 1.54) is 31.2 Å². The lowest BCUT2D eigenvalue weighted by molar-refractivity contribution is -0.153. The van der Waals surface area contributed by atoms with Crippen LogP contribution in [0.25, 0.3) is 0 Å². The van der Waals surface area contributed by atoms with Gasteiger partial charge in [-0.2, -0.15) is 0 Å². The van der Waals surface area contributed by atoms with E-state index in [-0.39, 0.29) is 18.6 Å². The van der Waals surface area contributed by atoms with Gasteiger partial charge in [-0.1, -0.05) is 0 Å². The number of ether oxygens (including phenoxy) is 2. The molecule has 0 aliphatic rings. The van der Waals surface area contributed by atoms with Crippen molar-refractivity contribution in [2.75, 3.05) is 11.9 Å². The first-order valence-corrected chi connectivity index (χ1v) is 9.46. The zero-order chi connectivity index (χ0) is 22.1. The molecule has 0 heterocycles. The fourth-order valence-corrected chi connectivity index (χ4v) is 2.53. The van der Waals surface area contributed by atoms with Gasteiger partial charge in [0.25, 0.3) is 5.91 Å². The van der Waals surface area contributed by atoms with Crippen molar-refractivity contribution in [3.8, 4) is 5.75 Å². The summed E-state index contributed by atoms with van der Waals surface area (Å²) in [6.07, 6.45) is -1.22. The number of rotatable bonds is 10. The Morgan fingerprint density at radius 2 is 1.53 bits per heavy atom. The zero-order valence-corrected chi connectivity index (χ0v) is 16.8. The van der Waals surface area contributed by atoms with Crippen LogP contribution in [0, 0.1) is 0 Å². The molecule has 0 fully saturated rings. The summed E-state index contributed by atoms with van der Waals surface area (Å²) in [6.45, 7) is 3.83. The Hall–Kier alpha value is -3.68. The number of carbonyl (C=O) groups is 4. The van der Waals surface area contributed by atoms with Crippen molar-refractivity contribution in [2.45, 2.75) is 32.8 Å². The number of primary amides is 1. The average molecular weight is 412 g/mol. The van der Waals surface area contributed by atoms with Crippen LogP contribution < -0.4 is 15.8 Å². The quantitative estimate of drug-likeness (QED) is 0.457. The number of nitrogens with two attached hydrogens (primary N) is 1. The van der Waals surface area contributed by atoms with Gasteiger partial charge in [-0.15, -0.1) is 0 Å². The topological polar surface area (TPSA) is 125 Å². The number of anilines is 1. The number of ketones is 1. The van der Waals surface area contributed by atoms with Crippen LogP contribution in [0.4, 0.5) is 5.69 Å². The molecular formula is C22H24N2O6. The van der Waals surface area contributed by atoms with Gasteiger partial charge in [0.2, 0.25) is 5.91 Å². The fourth-order valence-electron chi connectivity index (χ4n) is 2.53. The molecule has 0 aromatic heterocycles. The first kappa shape index (κ1) is 22.6. The van der Waals surface area contributed by atoms with E-state index < -0.39 is 23.9 Å². The van der Waals surface area contributed by atoms with E-state index in [0.717, 1.165) is 0 Å². The Balaban J connectivity index is 1.79. The van der Waals surface area contributed by atoms with Crippen molar-refractivity contribution in [3.63, 3.8) is 0 Å². The molecule has 2 aromatic rings. The minimum atomic E-state index is -1.05. The third-order valence-corrected chi connectivity index (χ3v) is 4.16. The van der Waals surface area contributed by atoms with Gasteiger partial charge in [0.1, 0.15) is 5.75 Å². The van der Waals surface area contributed by atoms with Crippen LogP contribution in [0.15, 0.2) is 48.5 Å². The van der Waals surface area contributed by atoms with E-state index in [2.05, 4.69) is 5.32 Å². The normalized spacial score (nSPS) is 11.3. The molecular weight excluding hydrogens is 388 g/mol. The van der Waals surface area contributed by atoms with Crippen LogP contribution in [-0.4, -0.2) is 36.3 Å². The molecule has 0 unspecified atom stereocenters. The highest BCUT2D eigenvalue weighted by Gasteiger charge is 2.19. The van der Waals surface area contributed by atoms with E-state index >= 15 is 0 Å². The number of amides is 2. The zero-order valence-electron chi connectivity index (χ0n) is 16.8. The number of hydrogen-bond acceptors (Lipinski definition) is 6. The highest BCUT2D eigenvalue weighted by Crippen LogP contribution is 2.15. The van der Waals surface area contributed by atoms with Crippen LogP contribution in [0.2, 0.25) is 0 Å². The largest absolute Gasteiger partial charge is 0.494 e. The van der Waals surface area contributed by atoms with Crippen LogP contribution in [-0.2, 0) is 14.3 Å². The summed E-state index contributed by atoms with van der Waals surface area (Å²) in [7, 11) is 0. The molecule has 1 atom stereocenters. The highest BCUT2D eigenvalue weighted by molar-refractivity contribution is 5.98. The molecule has 0 aliphatic carbocycles. The lowest BCUT2D eigenvalue weighted by Gasteiger charge is -2.13. The van der Waals surface area contributed by atoms with Crippen LogP contribution >= 0.6 is 0 Å². The molecule has 0 saturated heterocycles. The van der Waals surface area contributed by atoms with E-state index in [0.29, 0.717) is 29.2 Å². The van der Waals surface area contributed by atoms with Crippen LogP contribution in [0.3, 0.4) is 0 Å². The second-order valence-electron chi connectivity index (χ2n) is 6.44. The number of nitrogens with one attached hydrogen (secondary N) is 1. The van der Waals surface area contributed by atoms with Gasteiger partial charge in [-0.3, -0.25) is 19.2 Å². The maximum absolute atomic E-state index is 12.2. The average Bonchev–Trinajstić information content (AvgIpc) is 2.73. The predicted octanol–water partition coefficient (Wildman–Crippen LogP) is 2.72. The van der Waals surface area contributed by atoms with Crippen molar-refractivity contribution in [2.24, 2.45) is 5.73 Å². The Morgan fingerprint density at radius 3 is 2.10 bits per heavy atom. The summed E-state index contributed by atoms with van der Waals surface area (Å²) in [4.78, 5) is 47.4. The lowest BCUT2D eigenvalue weighted by Crippen LogP contribution is -2.30. The molecule has 2 aromatic carbocycles. The van der Waals surface area contributed by atoms with Gasteiger partial charge in [0.15, 0.2) is 11.9 Å². The van der Waals surface area contributed by atoms with Crippen molar-refractivity contribution in [1.82, 2.24) is 0 Å². The number of carbonyl (C=O) groups excluding carboxylic acids is 4. The summed E-state index contributed by atoms with van der Waals surface area (Å²) < 4.78 is 10.4. The lowest BCUT2D eigenvalue weighted by atomic mass is 10.1. The Labute approximate surface area is 174 Å². The molecule has 30 heavy (non-hydrogen) atoms. The maximum atomic E-state index is 12.2. The molecule has 3 N–H and O–H groups in total.